The van der Waals surface area contributed by atoms with E-state index < -0.39 is 0 Å². The SMILES string of the molecule is COc1cccc(-c2noc(C3CCCCN3C(=O)/C=C/c3ccccc3)n2)c1. The highest BCUT2D eigenvalue weighted by molar-refractivity contribution is 5.92. The van der Waals surface area contributed by atoms with E-state index in [2.05, 4.69) is 10.1 Å². The third kappa shape index (κ3) is 4.37. The number of carbonyl (C=O) groups excluding carboxylic acids is 1. The van der Waals surface area contributed by atoms with E-state index in [1.54, 1.807) is 13.2 Å². The summed E-state index contributed by atoms with van der Waals surface area (Å²) in [6, 6.07) is 17.1. The van der Waals surface area contributed by atoms with Crippen LogP contribution in [-0.4, -0.2) is 34.6 Å². The van der Waals surface area contributed by atoms with Gasteiger partial charge in [0.1, 0.15) is 11.8 Å². The van der Waals surface area contributed by atoms with Crippen LogP contribution in [0.25, 0.3) is 17.5 Å². The van der Waals surface area contributed by atoms with Crippen LogP contribution in [0.15, 0.2) is 65.2 Å². The predicted octanol–water partition coefficient (Wildman–Crippen LogP) is 4.51. The number of hydrogen-bond acceptors (Lipinski definition) is 5. The number of piperidine rings is 1. The lowest BCUT2D eigenvalue weighted by Crippen LogP contribution is -2.37. The van der Waals surface area contributed by atoms with Crippen molar-refractivity contribution < 1.29 is 14.1 Å². The molecule has 1 fully saturated rings. The summed E-state index contributed by atoms with van der Waals surface area (Å²) >= 11 is 0. The average Bonchev–Trinajstić information content (AvgIpc) is 3.28. The molecule has 0 spiro atoms. The first-order valence-electron chi connectivity index (χ1n) is 9.76. The molecule has 0 bridgehead atoms. The molecule has 0 N–H and O–H groups in total. The number of ether oxygens (including phenoxy) is 1. The topological polar surface area (TPSA) is 68.5 Å². The van der Waals surface area contributed by atoms with E-state index in [0.29, 0.717) is 18.3 Å². The van der Waals surface area contributed by atoms with Gasteiger partial charge in [-0.2, -0.15) is 4.98 Å². The second-order valence-electron chi connectivity index (χ2n) is 6.98. The molecule has 1 atom stereocenters. The number of likely N-dealkylation sites (tertiary alicyclic amines) is 1. The van der Waals surface area contributed by atoms with Crippen molar-refractivity contribution in [3.8, 4) is 17.1 Å². The molecule has 1 unspecified atom stereocenters. The second-order valence-corrected chi connectivity index (χ2v) is 6.98. The molecule has 148 valence electrons. The Kier molecular flexibility index (Phi) is 5.70. The van der Waals surface area contributed by atoms with Gasteiger partial charge in [0.2, 0.25) is 17.6 Å². The Morgan fingerprint density at radius 3 is 2.86 bits per heavy atom. The molecule has 4 rings (SSSR count). The minimum Gasteiger partial charge on any atom is -0.497 e. The van der Waals surface area contributed by atoms with Gasteiger partial charge < -0.3 is 14.2 Å². The Morgan fingerprint density at radius 1 is 1.17 bits per heavy atom. The summed E-state index contributed by atoms with van der Waals surface area (Å²) in [4.78, 5) is 19.3. The summed E-state index contributed by atoms with van der Waals surface area (Å²) in [7, 11) is 1.62. The molecule has 3 aromatic rings. The number of methoxy groups -OCH3 is 1. The van der Waals surface area contributed by atoms with Crippen molar-refractivity contribution in [2.24, 2.45) is 0 Å². The van der Waals surface area contributed by atoms with Crippen LogP contribution in [0.3, 0.4) is 0 Å². The maximum Gasteiger partial charge on any atom is 0.249 e. The fraction of sp³-hybridized carbons (Fsp3) is 0.261. The van der Waals surface area contributed by atoms with E-state index in [-0.39, 0.29) is 11.9 Å². The maximum absolute atomic E-state index is 12.8. The summed E-state index contributed by atoms with van der Waals surface area (Å²) in [5, 5.41) is 4.13. The van der Waals surface area contributed by atoms with E-state index in [1.807, 2.05) is 65.6 Å². The monoisotopic (exact) mass is 389 g/mol. The van der Waals surface area contributed by atoms with Crippen LogP contribution in [0.2, 0.25) is 0 Å². The summed E-state index contributed by atoms with van der Waals surface area (Å²) in [5.74, 6) is 1.66. The van der Waals surface area contributed by atoms with Crippen LogP contribution in [0.4, 0.5) is 0 Å². The van der Waals surface area contributed by atoms with Gasteiger partial charge in [-0.15, -0.1) is 0 Å². The Hall–Kier alpha value is -3.41. The first-order valence-corrected chi connectivity index (χ1v) is 9.76. The molecule has 1 aliphatic heterocycles. The molecule has 6 heteroatoms. The van der Waals surface area contributed by atoms with Crippen LogP contribution in [0, 0.1) is 0 Å². The van der Waals surface area contributed by atoms with Crippen molar-refractivity contribution in [2.45, 2.75) is 25.3 Å². The molecule has 2 heterocycles. The molecule has 0 radical (unpaired) electrons. The largest absolute Gasteiger partial charge is 0.497 e. The van der Waals surface area contributed by atoms with Crippen LogP contribution in [0.5, 0.6) is 5.75 Å². The summed E-state index contributed by atoms with van der Waals surface area (Å²) in [6.45, 7) is 0.680. The summed E-state index contributed by atoms with van der Waals surface area (Å²) in [5.41, 5.74) is 1.81. The van der Waals surface area contributed by atoms with Gasteiger partial charge in [-0.05, 0) is 43.0 Å². The third-order valence-electron chi connectivity index (χ3n) is 5.06. The minimum absolute atomic E-state index is 0.0420. The van der Waals surface area contributed by atoms with Gasteiger partial charge in [0.15, 0.2) is 0 Å². The van der Waals surface area contributed by atoms with Gasteiger partial charge in [-0.25, -0.2) is 0 Å². The van der Waals surface area contributed by atoms with Crippen molar-refractivity contribution in [3.63, 3.8) is 0 Å². The highest BCUT2D eigenvalue weighted by Gasteiger charge is 2.31. The number of aromatic nitrogens is 2. The normalized spacial score (nSPS) is 16.9. The smallest absolute Gasteiger partial charge is 0.249 e. The lowest BCUT2D eigenvalue weighted by molar-refractivity contribution is -0.130. The molecular formula is C23H23N3O3. The molecule has 1 aromatic heterocycles. The molecule has 29 heavy (non-hydrogen) atoms. The first-order chi connectivity index (χ1) is 14.2. The van der Waals surface area contributed by atoms with Crippen molar-refractivity contribution in [1.82, 2.24) is 15.0 Å². The number of rotatable bonds is 5. The zero-order valence-corrected chi connectivity index (χ0v) is 16.3. The lowest BCUT2D eigenvalue weighted by atomic mass is 10.0. The molecule has 1 amide bonds. The van der Waals surface area contributed by atoms with Crippen molar-refractivity contribution in [3.05, 3.63) is 72.1 Å². The van der Waals surface area contributed by atoms with Gasteiger partial charge in [0, 0.05) is 18.2 Å². The number of benzene rings is 2. The summed E-state index contributed by atoms with van der Waals surface area (Å²) in [6.07, 6.45) is 6.26. The number of amides is 1. The molecular weight excluding hydrogens is 366 g/mol. The van der Waals surface area contributed by atoms with Crippen LogP contribution < -0.4 is 4.74 Å². The van der Waals surface area contributed by atoms with Gasteiger partial charge in [-0.3, -0.25) is 4.79 Å². The molecule has 1 saturated heterocycles. The van der Waals surface area contributed by atoms with Crippen LogP contribution in [-0.2, 0) is 4.79 Å². The van der Waals surface area contributed by atoms with E-state index in [0.717, 1.165) is 36.1 Å². The van der Waals surface area contributed by atoms with Gasteiger partial charge >= 0.3 is 0 Å². The van der Waals surface area contributed by atoms with Crippen LogP contribution >= 0.6 is 0 Å². The van der Waals surface area contributed by atoms with E-state index in [1.165, 1.54) is 0 Å². The third-order valence-corrected chi connectivity index (χ3v) is 5.06. The zero-order chi connectivity index (χ0) is 20.1. The van der Waals surface area contributed by atoms with Gasteiger partial charge in [0.05, 0.1) is 7.11 Å². The first kappa shape index (κ1) is 18.9. The van der Waals surface area contributed by atoms with E-state index in [9.17, 15) is 4.79 Å². The Balaban J connectivity index is 1.54. The van der Waals surface area contributed by atoms with Crippen molar-refractivity contribution in [1.29, 1.82) is 0 Å². The molecule has 0 aliphatic carbocycles. The number of carbonyl (C=O) groups is 1. The van der Waals surface area contributed by atoms with Crippen molar-refractivity contribution >= 4 is 12.0 Å². The maximum atomic E-state index is 12.8. The van der Waals surface area contributed by atoms with E-state index >= 15 is 0 Å². The Morgan fingerprint density at radius 2 is 2.03 bits per heavy atom. The molecule has 0 saturated carbocycles. The van der Waals surface area contributed by atoms with E-state index in [4.69, 9.17) is 9.26 Å². The molecule has 2 aromatic carbocycles. The summed E-state index contributed by atoms with van der Waals surface area (Å²) < 4.78 is 10.8. The number of nitrogens with zero attached hydrogens (tertiary/aromatic N) is 3. The predicted molar refractivity (Wildman–Crippen MR) is 110 cm³/mol. The Bertz CT molecular complexity index is 997. The van der Waals surface area contributed by atoms with Crippen LogP contribution in [0.1, 0.15) is 36.8 Å². The average molecular weight is 389 g/mol. The minimum atomic E-state index is -0.205. The lowest BCUT2D eigenvalue weighted by Gasteiger charge is -2.32. The standard InChI is InChI=1S/C23H23N3O3/c1-28-19-11-7-10-18(16-19)22-24-23(29-25-22)20-12-5-6-15-26(20)21(27)14-13-17-8-3-2-4-9-17/h2-4,7-11,13-14,16,20H,5-6,12,15H2,1H3/b14-13+. The van der Waals surface area contributed by atoms with Gasteiger partial charge in [0.25, 0.3) is 0 Å². The number of hydrogen-bond donors (Lipinski definition) is 0. The zero-order valence-electron chi connectivity index (χ0n) is 16.3. The highest BCUT2D eigenvalue weighted by Crippen LogP contribution is 2.32. The fourth-order valence-corrected chi connectivity index (χ4v) is 3.53. The quantitative estimate of drug-likeness (QED) is 0.601. The molecule has 6 nitrogen and oxygen atoms in total. The van der Waals surface area contributed by atoms with Gasteiger partial charge in [-0.1, -0.05) is 47.6 Å². The fourth-order valence-electron chi connectivity index (χ4n) is 3.53. The van der Waals surface area contributed by atoms with Crippen molar-refractivity contribution in [2.75, 3.05) is 13.7 Å². The second kappa shape index (κ2) is 8.73. The molecule has 1 aliphatic rings. The highest BCUT2D eigenvalue weighted by atomic mass is 16.5. The Labute approximate surface area is 169 Å².